The Bertz CT molecular complexity index is 661. The number of thiophene rings is 1. The summed E-state index contributed by atoms with van der Waals surface area (Å²) in [6.45, 7) is 6.91. The van der Waals surface area contributed by atoms with Gasteiger partial charge < -0.3 is 14.9 Å². The summed E-state index contributed by atoms with van der Waals surface area (Å²) in [5, 5.41) is 12.3. The van der Waals surface area contributed by atoms with E-state index in [0.29, 0.717) is 6.54 Å². The van der Waals surface area contributed by atoms with E-state index in [1.54, 1.807) is 18.7 Å². The summed E-state index contributed by atoms with van der Waals surface area (Å²) in [7, 11) is 3.96. The first kappa shape index (κ1) is 18.7. The van der Waals surface area contributed by atoms with Crippen molar-refractivity contribution in [3.63, 3.8) is 0 Å². The molecule has 0 aliphatic carbocycles. The average molecular weight is 350 g/mol. The first-order chi connectivity index (χ1) is 11.3. The van der Waals surface area contributed by atoms with Crippen LogP contribution in [0.15, 0.2) is 22.8 Å². The topological polar surface area (TPSA) is 60.9 Å². The zero-order valence-electron chi connectivity index (χ0n) is 15.0. The highest BCUT2D eigenvalue weighted by Gasteiger charge is 2.44. The zero-order chi connectivity index (χ0) is 18.0. The number of ketones is 1. The van der Waals surface area contributed by atoms with Gasteiger partial charge in [0.25, 0.3) is 5.91 Å². The van der Waals surface area contributed by atoms with Crippen LogP contribution in [0.1, 0.15) is 36.8 Å². The van der Waals surface area contributed by atoms with E-state index in [9.17, 15) is 14.7 Å². The molecule has 0 saturated heterocycles. The van der Waals surface area contributed by atoms with Crippen LogP contribution < -0.4 is 0 Å². The van der Waals surface area contributed by atoms with Crippen molar-refractivity contribution in [1.29, 1.82) is 0 Å². The average Bonchev–Trinajstić information content (AvgIpc) is 3.02. The van der Waals surface area contributed by atoms with Crippen LogP contribution in [0.4, 0.5) is 0 Å². The normalized spacial score (nSPS) is 18.4. The van der Waals surface area contributed by atoms with Crippen LogP contribution >= 0.6 is 11.3 Å². The molecule has 1 aliphatic rings. The molecular formula is C18H26N2O3S. The standard InChI is InChI=1S/C18H26N2O3S/c1-11(2)15(21)13-14(17-12(3)7-10-24-17)20(18(23)16(13)22)9-6-8-19(4)5/h7,10-11,14,22H,6,8-9H2,1-5H3. The molecule has 1 aliphatic heterocycles. The van der Waals surface area contributed by atoms with Gasteiger partial charge in [-0.05, 0) is 51.0 Å². The van der Waals surface area contributed by atoms with E-state index in [2.05, 4.69) is 4.90 Å². The number of aliphatic hydroxyl groups excluding tert-OH is 1. The second kappa shape index (κ2) is 7.49. The highest BCUT2D eigenvalue weighted by atomic mass is 32.1. The van der Waals surface area contributed by atoms with E-state index < -0.39 is 11.9 Å². The largest absolute Gasteiger partial charge is 0.503 e. The van der Waals surface area contributed by atoms with Gasteiger partial charge in [-0.2, -0.15) is 0 Å². The summed E-state index contributed by atoms with van der Waals surface area (Å²) < 4.78 is 0. The number of aliphatic hydroxyl groups is 1. The van der Waals surface area contributed by atoms with Crippen molar-refractivity contribution in [3.8, 4) is 0 Å². The Labute approximate surface area is 147 Å². The predicted molar refractivity (Wildman–Crippen MR) is 96.2 cm³/mol. The van der Waals surface area contributed by atoms with Crippen LogP contribution in [-0.2, 0) is 9.59 Å². The first-order valence-corrected chi connectivity index (χ1v) is 9.10. The Morgan fingerprint density at radius 2 is 2.08 bits per heavy atom. The molecule has 0 spiro atoms. The molecule has 24 heavy (non-hydrogen) atoms. The van der Waals surface area contributed by atoms with Crippen LogP contribution in [0.5, 0.6) is 0 Å². The maximum Gasteiger partial charge on any atom is 0.290 e. The Kier molecular flexibility index (Phi) is 5.83. The minimum Gasteiger partial charge on any atom is -0.503 e. The van der Waals surface area contributed by atoms with Crippen molar-refractivity contribution in [3.05, 3.63) is 33.2 Å². The zero-order valence-corrected chi connectivity index (χ0v) is 15.8. The van der Waals surface area contributed by atoms with Crippen LogP contribution in [0, 0.1) is 12.8 Å². The van der Waals surface area contributed by atoms with Gasteiger partial charge in [-0.25, -0.2) is 0 Å². The molecule has 0 fully saturated rings. The van der Waals surface area contributed by atoms with Gasteiger partial charge in [0, 0.05) is 17.3 Å². The molecule has 5 nitrogen and oxygen atoms in total. The van der Waals surface area contributed by atoms with Crippen molar-refractivity contribution < 1.29 is 14.7 Å². The number of carbonyl (C=O) groups is 2. The maximum atomic E-state index is 12.6. The SMILES string of the molecule is Cc1ccsc1C1C(C(=O)C(C)C)=C(O)C(=O)N1CCCN(C)C. The number of rotatable bonds is 7. The molecule has 0 aromatic carbocycles. The van der Waals surface area contributed by atoms with Crippen LogP contribution in [0.2, 0.25) is 0 Å². The lowest BCUT2D eigenvalue weighted by atomic mass is 9.93. The molecule has 2 rings (SSSR count). The van der Waals surface area contributed by atoms with Crippen molar-refractivity contribution in [1.82, 2.24) is 9.80 Å². The minimum atomic E-state index is -0.463. The van der Waals surface area contributed by atoms with Crippen molar-refractivity contribution in [2.24, 2.45) is 5.92 Å². The van der Waals surface area contributed by atoms with Gasteiger partial charge in [0.05, 0.1) is 11.6 Å². The van der Waals surface area contributed by atoms with Gasteiger partial charge in [0.1, 0.15) is 0 Å². The van der Waals surface area contributed by atoms with Gasteiger partial charge >= 0.3 is 0 Å². The summed E-state index contributed by atoms with van der Waals surface area (Å²) in [5.74, 6) is -1.24. The maximum absolute atomic E-state index is 12.6. The monoisotopic (exact) mass is 350 g/mol. The predicted octanol–water partition coefficient (Wildman–Crippen LogP) is 2.93. The molecule has 0 saturated carbocycles. The van der Waals surface area contributed by atoms with Crippen LogP contribution in [-0.4, -0.2) is 53.8 Å². The molecule has 0 bridgehead atoms. The molecule has 1 amide bonds. The Morgan fingerprint density at radius 1 is 1.42 bits per heavy atom. The number of amides is 1. The fourth-order valence-corrected chi connectivity index (χ4v) is 3.99. The van der Waals surface area contributed by atoms with E-state index in [1.165, 1.54) is 11.3 Å². The lowest BCUT2D eigenvalue weighted by Crippen LogP contribution is -2.33. The molecular weight excluding hydrogens is 324 g/mol. The molecule has 1 N–H and O–H groups in total. The van der Waals surface area contributed by atoms with E-state index >= 15 is 0 Å². The summed E-state index contributed by atoms with van der Waals surface area (Å²) in [6, 6.07) is 1.52. The molecule has 0 radical (unpaired) electrons. The summed E-state index contributed by atoms with van der Waals surface area (Å²) >= 11 is 1.53. The fourth-order valence-electron chi connectivity index (χ4n) is 2.94. The molecule has 132 valence electrons. The summed E-state index contributed by atoms with van der Waals surface area (Å²) in [5.41, 5.74) is 1.30. The van der Waals surface area contributed by atoms with Gasteiger partial charge in [-0.3, -0.25) is 9.59 Å². The second-order valence-electron chi connectivity index (χ2n) is 6.81. The van der Waals surface area contributed by atoms with Crippen molar-refractivity contribution in [2.45, 2.75) is 33.2 Å². The highest BCUT2D eigenvalue weighted by molar-refractivity contribution is 7.10. The second-order valence-corrected chi connectivity index (χ2v) is 7.75. The molecule has 1 aromatic heterocycles. The third-order valence-corrected chi connectivity index (χ3v) is 5.32. The molecule has 6 heteroatoms. The van der Waals surface area contributed by atoms with Gasteiger partial charge in [-0.15, -0.1) is 11.3 Å². The van der Waals surface area contributed by atoms with Crippen LogP contribution in [0.3, 0.4) is 0 Å². The minimum absolute atomic E-state index is 0.159. The molecule has 2 heterocycles. The van der Waals surface area contributed by atoms with E-state index in [1.807, 2.05) is 32.5 Å². The smallest absolute Gasteiger partial charge is 0.290 e. The lowest BCUT2D eigenvalue weighted by molar-refractivity contribution is -0.129. The Morgan fingerprint density at radius 3 is 2.58 bits per heavy atom. The van der Waals surface area contributed by atoms with E-state index in [4.69, 9.17) is 0 Å². The van der Waals surface area contributed by atoms with Gasteiger partial charge in [-0.1, -0.05) is 13.8 Å². The lowest BCUT2D eigenvalue weighted by Gasteiger charge is -2.27. The third-order valence-electron chi connectivity index (χ3n) is 4.25. The number of hydrogen-bond acceptors (Lipinski definition) is 5. The van der Waals surface area contributed by atoms with Crippen LogP contribution in [0.25, 0.3) is 0 Å². The number of hydrogen-bond donors (Lipinski definition) is 1. The number of nitrogens with zero attached hydrogens (tertiary/aromatic N) is 2. The highest BCUT2D eigenvalue weighted by Crippen LogP contribution is 2.42. The van der Waals surface area contributed by atoms with Gasteiger partial charge in [0.2, 0.25) is 0 Å². The van der Waals surface area contributed by atoms with Crippen molar-refractivity contribution >= 4 is 23.0 Å². The number of carbonyl (C=O) groups excluding carboxylic acids is 2. The molecule has 1 unspecified atom stereocenters. The fraction of sp³-hybridized carbons (Fsp3) is 0.556. The quantitative estimate of drug-likeness (QED) is 0.821. The molecule has 1 aromatic rings. The number of Topliss-reactive ketones (excluding diaryl/α,β-unsaturated/α-hetero) is 1. The summed E-state index contributed by atoms with van der Waals surface area (Å²) in [4.78, 5) is 29.9. The summed E-state index contributed by atoms with van der Waals surface area (Å²) in [6.07, 6.45) is 0.788. The Balaban J connectivity index is 2.40. The first-order valence-electron chi connectivity index (χ1n) is 8.22. The van der Waals surface area contributed by atoms with E-state index in [0.717, 1.165) is 23.4 Å². The third kappa shape index (κ3) is 3.54. The number of aryl methyl sites for hydroxylation is 1. The van der Waals surface area contributed by atoms with Crippen molar-refractivity contribution in [2.75, 3.05) is 27.2 Å². The molecule has 1 atom stereocenters. The Hall–Kier alpha value is -1.66. The van der Waals surface area contributed by atoms with Gasteiger partial charge in [0.15, 0.2) is 11.5 Å². The van der Waals surface area contributed by atoms with E-state index in [-0.39, 0.29) is 23.0 Å².